The van der Waals surface area contributed by atoms with Crippen LogP contribution in [0, 0.1) is 6.92 Å². The van der Waals surface area contributed by atoms with Gasteiger partial charge in [0.05, 0.1) is 6.20 Å². The lowest BCUT2D eigenvalue weighted by atomic mass is 10.3. The largest absolute Gasteiger partial charge is 0.370 e. The van der Waals surface area contributed by atoms with E-state index in [2.05, 4.69) is 31.2 Å². The smallest absolute Gasteiger partial charge is 0.127 e. The maximum atomic E-state index is 4.21. The van der Waals surface area contributed by atoms with Crippen LogP contribution in [0.2, 0.25) is 0 Å². The Labute approximate surface area is 80.1 Å². The summed E-state index contributed by atoms with van der Waals surface area (Å²) in [5, 5.41) is 7.52. The van der Waals surface area contributed by atoms with Crippen LogP contribution in [0.5, 0.6) is 0 Å². The third-order valence-corrected chi connectivity index (χ3v) is 1.86. The van der Waals surface area contributed by atoms with Crippen molar-refractivity contribution in [3.05, 3.63) is 11.8 Å². The van der Waals surface area contributed by atoms with Gasteiger partial charge in [-0.25, -0.2) is 4.68 Å². The van der Waals surface area contributed by atoms with Crippen molar-refractivity contribution in [2.45, 2.75) is 40.2 Å². The first-order chi connectivity index (χ1) is 6.29. The lowest BCUT2D eigenvalue weighted by Gasteiger charge is -2.15. The van der Waals surface area contributed by atoms with Gasteiger partial charge in [-0.3, -0.25) is 0 Å². The number of anilines is 1. The second kappa shape index (κ2) is 4.90. The topological polar surface area (TPSA) is 29.9 Å². The van der Waals surface area contributed by atoms with E-state index in [4.69, 9.17) is 0 Å². The van der Waals surface area contributed by atoms with Gasteiger partial charge in [0.2, 0.25) is 0 Å². The average molecular weight is 181 g/mol. The van der Waals surface area contributed by atoms with Crippen LogP contribution < -0.4 is 5.32 Å². The molecule has 0 atom stereocenters. The Kier molecular flexibility index (Phi) is 3.80. The number of aromatic nitrogens is 2. The molecule has 1 aromatic heterocycles. The molecule has 2 heterocycles. The Morgan fingerprint density at radius 1 is 1.54 bits per heavy atom. The van der Waals surface area contributed by atoms with Gasteiger partial charge in [0.15, 0.2) is 0 Å². The van der Waals surface area contributed by atoms with Gasteiger partial charge in [-0.2, -0.15) is 5.10 Å². The van der Waals surface area contributed by atoms with Crippen LogP contribution in [0.3, 0.4) is 0 Å². The summed E-state index contributed by atoms with van der Waals surface area (Å²) in [4.78, 5) is 0. The molecule has 0 saturated carbocycles. The highest BCUT2D eigenvalue weighted by molar-refractivity contribution is 5.43. The lowest BCUT2D eigenvalue weighted by Crippen LogP contribution is -2.17. The number of aryl methyl sites for hydroxylation is 2. The van der Waals surface area contributed by atoms with Crippen LogP contribution in [0.25, 0.3) is 0 Å². The average Bonchev–Trinajstić information content (AvgIpc) is 2.50. The minimum absolute atomic E-state index is 1.07. The second-order valence-electron chi connectivity index (χ2n) is 3.39. The lowest BCUT2D eigenvalue weighted by molar-refractivity contribution is 0.567. The van der Waals surface area contributed by atoms with Crippen LogP contribution in [0.15, 0.2) is 6.20 Å². The van der Waals surface area contributed by atoms with Gasteiger partial charge in [-0.05, 0) is 13.3 Å². The normalized spacial score (nSPS) is 13.8. The number of nitrogens with zero attached hydrogens (tertiary/aromatic N) is 2. The van der Waals surface area contributed by atoms with E-state index in [0.29, 0.717) is 0 Å². The zero-order valence-electron chi connectivity index (χ0n) is 8.80. The molecule has 0 fully saturated rings. The van der Waals surface area contributed by atoms with Crippen molar-refractivity contribution in [2.75, 3.05) is 11.9 Å². The van der Waals surface area contributed by atoms with Gasteiger partial charge >= 0.3 is 0 Å². The summed E-state index contributed by atoms with van der Waals surface area (Å²) in [7, 11) is 0. The fourth-order valence-corrected chi connectivity index (χ4v) is 1.31. The molecule has 0 aromatic carbocycles. The molecule has 0 aliphatic carbocycles. The zero-order valence-corrected chi connectivity index (χ0v) is 8.80. The van der Waals surface area contributed by atoms with Crippen LogP contribution >= 0.6 is 0 Å². The van der Waals surface area contributed by atoms with Crippen molar-refractivity contribution in [1.29, 1.82) is 0 Å². The van der Waals surface area contributed by atoms with Gasteiger partial charge in [-0.15, -0.1) is 0 Å². The Morgan fingerprint density at radius 3 is 2.85 bits per heavy atom. The third kappa shape index (κ3) is 2.47. The molecule has 3 heteroatoms. The van der Waals surface area contributed by atoms with E-state index in [-0.39, 0.29) is 0 Å². The molecule has 3 nitrogen and oxygen atoms in total. The summed E-state index contributed by atoms with van der Waals surface area (Å²) >= 11 is 0. The van der Waals surface area contributed by atoms with E-state index < -0.39 is 0 Å². The first kappa shape index (κ1) is 10.1. The molecule has 13 heavy (non-hydrogen) atoms. The number of rotatable bonds is 0. The van der Waals surface area contributed by atoms with Gasteiger partial charge in [-0.1, -0.05) is 20.3 Å². The molecule has 0 amide bonds. The zero-order chi connectivity index (χ0) is 9.68. The molecule has 1 N–H and O–H groups in total. The highest BCUT2D eigenvalue weighted by Crippen LogP contribution is 2.16. The van der Waals surface area contributed by atoms with Crippen LogP contribution in [0.4, 0.5) is 5.82 Å². The van der Waals surface area contributed by atoms with Crippen molar-refractivity contribution in [3.8, 4) is 0 Å². The van der Waals surface area contributed by atoms with Gasteiger partial charge in [0, 0.05) is 18.7 Å². The highest BCUT2D eigenvalue weighted by Gasteiger charge is 2.09. The fourth-order valence-electron chi connectivity index (χ4n) is 1.31. The molecule has 74 valence electrons. The third-order valence-electron chi connectivity index (χ3n) is 1.86. The van der Waals surface area contributed by atoms with Crippen molar-refractivity contribution in [2.24, 2.45) is 0 Å². The summed E-state index contributed by atoms with van der Waals surface area (Å²) in [5.41, 5.74) is 1.25. The number of fused-ring (bicyclic) bond motifs is 1. The maximum Gasteiger partial charge on any atom is 0.127 e. The summed E-state index contributed by atoms with van der Waals surface area (Å²) in [6.45, 7) is 8.49. The Bertz CT molecular complexity index is 253. The van der Waals surface area contributed by atoms with E-state index >= 15 is 0 Å². The molecule has 0 bridgehead atoms. The molecule has 1 aliphatic rings. The van der Waals surface area contributed by atoms with Crippen LogP contribution in [-0.4, -0.2) is 16.3 Å². The number of hydrogen-bond acceptors (Lipinski definition) is 2. The van der Waals surface area contributed by atoms with Crippen molar-refractivity contribution in [1.82, 2.24) is 9.78 Å². The maximum absolute atomic E-state index is 4.21. The first-order valence-corrected chi connectivity index (χ1v) is 5.05. The molecule has 1 aliphatic heterocycles. The predicted octanol–water partition coefficient (Wildman–Crippen LogP) is 2.42. The predicted molar refractivity (Wildman–Crippen MR) is 56.0 cm³/mol. The van der Waals surface area contributed by atoms with E-state index in [9.17, 15) is 0 Å². The van der Waals surface area contributed by atoms with E-state index in [0.717, 1.165) is 13.1 Å². The van der Waals surface area contributed by atoms with Gasteiger partial charge in [0.25, 0.3) is 0 Å². The summed E-state index contributed by atoms with van der Waals surface area (Å²) in [5.74, 6) is 1.20. The van der Waals surface area contributed by atoms with Crippen molar-refractivity contribution >= 4 is 5.82 Å². The first-order valence-electron chi connectivity index (χ1n) is 5.05. The monoisotopic (exact) mass is 181 g/mol. The fraction of sp³-hybridized carbons (Fsp3) is 0.700. The molecule has 2 rings (SSSR count). The summed E-state index contributed by atoms with van der Waals surface area (Å²) in [6, 6.07) is 0. The number of nitrogens with one attached hydrogen (secondary N) is 1. The van der Waals surface area contributed by atoms with Crippen molar-refractivity contribution < 1.29 is 0 Å². The standard InChI is InChI=1S/C7H11N3.C3H8/c1-6-5-9-10-4-2-3-8-7(6)10;1-3-2/h5,8H,2-4H2,1H3;3H2,1-2H3. The van der Waals surface area contributed by atoms with Crippen LogP contribution in [-0.2, 0) is 6.54 Å². The minimum Gasteiger partial charge on any atom is -0.370 e. The SMILES string of the molecule is CCC.Cc1cnn2c1NCCC2. The molecule has 0 saturated heterocycles. The molecular weight excluding hydrogens is 162 g/mol. The molecular formula is C10H19N3. The molecule has 1 aromatic rings. The quantitative estimate of drug-likeness (QED) is 0.666. The Morgan fingerprint density at radius 2 is 2.23 bits per heavy atom. The van der Waals surface area contributed by atoms with Crippen molar-refractivity contribution in [3.63, 3.8) is 0 Å². The van der Waals surface area contributed by atoms with E-state index in [1.807, 2.05) is 10.9 Å². The molecule has 0 unspecified atom stereocenters. The minimum atomic E-state index is 1.07. The van der Waals surface area contributed by atoms with Crippen LogP contribution in [0.1, 0.15) is 32.3 Å². The molecule has 0 radical (unpaired) electrons. The van der Waals surface area contributed by atoms with E-state index in [1.165, 1.54) is 24.2 Å². The Hall–Kier alpha value is -0.990. The summed E-state index contributed by atoms with van der Waals surface area (Å²) < 4.78 is 2.03. The molecule has 0 spiro atoms. The second-order valence-corrected chi connectivity index (χ2v) is 3.39. The van der Waals surface area contributed by atoms with Gasteiger partial charge < -0.3 is 5.32 Å². The highest BCUT2D eigenvalue weighted by atomic mass is 15.3. The number of hydrogen-bond donors (Lipinski definition) is 1. The Balaban J connectivity index is 0.000000251. The van der Waals surface area contributed by atoms with E-state index in [1.54, 1.807) is 0 Å². The van der Waals surface area contributed by atoms with Gasteiger partial charge in [0.1, 0.15) is 5.82 Å². The summed E-state index contributed by atoms with van der Waals surface area (Å²) in [6.07, 6.45) is 4.35.